The number of H-pyrrole nitrogens is 1. The highest BCUT2D eigenvalue weighted by Crippen LogP contribution is 2.28. The van der Waals surface area contributed by atoms with Crippen LogP contribution in [0.1, 0.15) is 76.6 Å². The van der Waals surface area contributed by atoms with E-state index >= 15 is 0 Å². The fourth-order valence-electron chi connectivity index (χ4n) is 3.35. The van der Waals surface area contributed by atoms with Crippen LogP contribution in [0.5, 0.6) is 0 Å². The van der Waals surface area contributed by atoms with Crippen LogP contribution in [-0.4, -0.2) is 50.0 Å². The molecule has 1 unspecified atom stereocenters. The first-order chi connectivity index (χ1) is 12.4. The van der Waals surface area contributed by atoms with E-state index in [0.717, 1.165) is 24.2 Å². The molecule has 0 saturated carbocycles. The van der Waals surface area contributed by atoms with Gasteiger partial charge in [0.2, 0.25) is 0 Å². The molecule has 8 nitrogen and oxygen atoms in total. The van der Waals surface area contributed by atoms with E-state index in [-0.39, 0.29) is 23.4 Å². The van der Waals surface area contributed by atoms with Crippen LogP contribution in [0.3, 0.4) is 0 Å². The summed E-state index contributed by atoms with van der Waals surface area (Å²) in [4.78, 5) is 34.8. The quantitative estimate of drug-likeness (QED) is 0.865. The Balaban J connectivity index is 1.81. The molecule has 3 rings (SSSR count). The summed E-state index contributed by atoms with van der Waals surface area (Å²) in [6, 6.07) is 1.68. The predicted octanol–water partition coefficient (Wildman–Crippen LogP) is 1.75. The van der Waals surface area contributed by atoms with Crippen LogP contribution < -0.4 is 5.73 Å². The zero-order valence-electron chi connectivity index (χ0n) is 15.3. The summed E-state index contributed by atoms with van der Waals surface area (Å²) in [6.07, 6.45) is 3.43. The summed E-state index contributed by atoms with van der Waals surface area (Å²) in [5, 5.41) is 6.82. The lowest BCUT2D eigenvalue weighted by Gasteiger charge is -2.32. The topological polar surface area (TPSA) is 118 Å². The number of nitrogens with two attached hydrogens (primary N) is 1. The van der Waals surface area contributed by atoms with E-state index in [0.29, 0.717) is 24.5 Å². The number of carbonyl (C=O) groups is 2. The monoisotopic (exact) mass is 356 g/mol. The van der Waals surface area contributed by atoms with Crippen molar-refractivity contribution in [1.82, 2.24) is 25.1 Å². The molecular weight excluding hydrogens is 332 g/mol. The number of aromatic nitrogens is 4. The van der Waals surface area contributed by atoms with E-state index < -0.39 is 5.91 Å². The maximum Gasteiger partial charge on any atom is 0.269 e. The van der Waals surface area contributed by atoms with Gasteiger partial charge in [0.25, 0.3) is 11.8 Å². The van der Waals surface area contributed by atoms with Crippen LogP contribution in [0.25, 0.3) is 0 Å². The van der Waals surface area contributed by atoms with Gasteiger partial charge >= 0.3 is 0 Å². The number of nitrogens with one attached hydrogen (secondary N) is 1. The van der Waals surface area contributed by atoms with E-state index in [1.165, 1.54) is 0 Å². The highest BCUT2D eigenvalue weighted by molar-refractivity contribution is 5.95. The number of aromatic amines is 1. The van der Waals surface area contributed by atoms with Crippen LogP contribution in [0, 0.1) is 6.92 Å². The largest absolute Gasteiger partial charge is 0.364 e. The van der Waals surface area contributed by atoms with Gasteiger partial charge in [-0.2, -0.15) is 5.10 Å². The summed E-state index contributed by atoms with van der Waals surface area (Å²) < 4.78 is 0. The zero-order chi connectivity index (χ0) is 18.8. The Morgan fingerprint density at radius 1 is 1.38 bits per heavy atom. The molecule has 0 spiro atoms. The predicted molar refractivity (Wildman–Crippen MR) is 95.8 cm³/mol. The molecule has 138 valence electrons. The van der Waals surface area contributed by atoms with E-state index in [4.69, 9.17) is 5.73 Å². The Bertz CT molecular complexity index is 829. The molecule has 0 aliphatic carbocycles. The van der Waals surface area contributed by atoms with Gasteiger partial charge in [0.1, 0.15) is 11.5 Å². The minimum Gasteiger partial charge on any atom is -0.364 e. The minimum absolute atomic E-state index is 0.0481. The smallest absolute Gasteiger partial charge is 0.269 e. The molecule has 1 fully saturated rings. The normalized spacial score (nSPS) is 17.5. The molecule has 1 atom stereocenters. The average Bonchev–Trinajstić information content (AvgIpc) is 3.11. The summed E-state index contributed by atoms with van der Waals surface area (Å²) >= 11 is 0. The second-order valence-corrected chi connectivity index (χ2v) is 7.03. The van der Waals surface area contributed by atoms with E-state index in [2.05, 4.69) is 20.2 Å². The lowest BCUT2D eigenvalue weighted by atomic mass is 9.93. The number of hydrogen-bond acceptors (Lipinski definition) is 5. The molecule has 0 radical (unpaired) electrons. The Labute approximate surface area is 152 Å². The number of likely N-dealkylation sites (tertiary alicyclic amines) is 1. The highest BCUT2D eigenvalue weighted by Gasteiger charge is 2.29. The van der Waals surface area contributed by atoms with Crippen LogP contribution in [0.2, 0.25) is 0 Å². The average molecular weight is 356 g/mol. The lowest BCUT2D eigenvalue weighted by Crippen LogP contribution is -2.39. The second-order valence-electron chi connectivity index (χ2n) is 7.03. The van der Waals surface area contributed by atoms with Crippen LogP contribution in [0.15, 0.2) is 12.3 Å². The highest BCUT2D eigenvalue weighted by atomic mass is 16.2. The number of primary amides is 1. The molecule has 0 bridgehead atoms. The molecule has 26 heavy (non-hydrogen) atoms. The van der Waals surface area contributed by atoms with Gasteiger partial charge in [0.05, 0.1) is 11.3 Å². The summed E-state index contributed by atoms with van der Waals surface area (Å²) in [5.74, 6) is 0.296. The SMILES string of the molecule is Cc1ncc(C(=O)N2CCCC(c3cc(C(N)=O)n[nH]3)C2)c(C(C)C)n1. The molecule has 1 aliphatic rings. The Morgan fingerprint density at radius 3 is 2.81 bits per heavy atom. The standard InChI is InChI=1S/C18H24N6O2/c1-10(2)16-13(8-20-11(3)21-16)18(26)24-6-4-5-12(9-24)14-7-15(17(19)25)23-22-14/h7-8,10,12H,4-6,9H2,1-3H3,(H2,19,25)(H,22,23). The van der Waals surface area contributed by atoms with Crippen molar-refractivity contribution < 1.29 is 9.59 Å². The first kappa shape index (κ1) is 18.0. The van der Waals surface area contributed by atoms with Gasteiger partial charge in [-0.25, -0.2) is 9.97 Å². The maximum absolute atomic E-state index is 13.1. The number of nitrogens with zero attached hydrogens (tertiary/aromatic N) is 4. The van der Waals surface area contributed by atoms with Gasteiger partial charge in [-0.15, -0.1) is 0 Å². The Kier molecular flexibility index (Phi) is 5.01. The third-order valence-electron chi connectivity index (χ3n) is 4.71. The van der Waals surface area contributed by atoms with E-state index in [1.54, 1.807) is 12.3 Å². The maximum atomic E-state index is 13.1. The van der Waals surface area contributed by atoms with Gasteiger partial charge in [-0.1, -0.05) is 13.8 Å². The van der Waals surface area contributed by atoms with Crippen LogP contribution in [-0.2, 0) is 0 Å². The number of carbonyl (C=O) groups excluding carboxylic acids is 2. The van der Waals surface area contributed by atoms with Crippen molar-refractivity contribution in [3.8, 4) is 0 Å². The molecule has 3 N–H and O–H groups in total. The van der Waals surface area contributed by atoms with Gasteiger partial charge in [-0.3, -0.25) is 14.7 Å². The van der Waals surface area contributed by atoms with Crippen LogP contribution in [0.4, 0.5) is 0 Å². The van der Waals surface area contributed by atoms with Crippen LogP contribution >= 0.6 is 0 Å². The molecule has 2 aromatic rings. The zero-order valence-corrected chi connectivity index (χ0v) is 15.3. The summed E-state index contributed by atoms with van der Waals surface area (Å²) in [7, 11) is 0. The molecule has 2 aromatic heterocycles. The third kappa shape index (κ3) is 3.58. The van der Waals surface area contributed by atoms with Gasteiger partial charge in [0.15, 0.2) is 0 Å². The van der Waals surface area contributed by atoms with Crippen molar-refractivity contribution in [1.29, 1.82) is 0 Å². The van der Waals surface area contributed by atoms with Crippen molar-refractivity contribution in [3.05, 3.63) is 40.7 Å². The Hall–Kier alpha value is -2.77. The Morgan fingerprint density at radius 2 is 2.15 bits per heavy atom. The first-order valence-electron chi connectivity index (χ1n) is 8.84. The van der Waals surface area contributed by atoms with Crippen molar-refractivity contribution in [2.24, 2.45) is 5.73 Å². The summed E-state index contributed by atoms with van der Waals surface area (Å²) in [5.41, 5.74) is 7.66. The minimum atomic E-state index is -0.561. The van der Waals surface area contributed by atoms with E-state index in [9.17, 15) is 9.59 Å². The fourth-order valence-corrected chi connectivity index (χ4v) is 3.35. The molecular formula is C18H24N6O2. The van der Waals surface area contributed by atoms with Crippen molar-refractivity contribution in [3.63, 3.8) is 0 Å². The van der Waals surface area contributed by atoms with Crippen molar-refractivity contribution in [2.75, 3.05) is 13.1 Å². The molecule has 1 saturated heterocycles. The number of aryl methyl sites for hydroxylation is 1. The third-order valence-corrected chi connectivity index (χ3v) is 4.71. The number of amides is 2. The molecule has 2 amide bonds. The first-order valence-corrected chi connectivity index (χ1v) is 8.84. The number of rotatable bonds is 4. The van der Waals surface area contributed by atoms with Crippen molar-refractivity contribution >= 4 is 11.8 Å². The number of hydrogen-bond donors (Lipinski definition) is 2. The van der Waals surface area contributed by atoms with Crippen molar-refractivity contribution in [2.45, 2.75) is 45.4 Å². The fraction of sp³-hybridized carbons (Fsp3) is 0.500. The molecule has 1 aliphatic heterocycles. The molecule has 3 heterocycles. The lowest BCUT2D eigenvalue weighted by molar-refractivity contribution is 0.0703. The molecule has 0 aromatic carbocycles. The summed E-state index contributed by atoms with van der Waals surface area (Å²) in [6.45, 7) is 7.12. The molecule has 8 heteroatoms. The van der Waals surface area contributed by atoms with Gasteiger partial charge < -0.3 is 10.6 Å². The number of piperidine rings is 1. The van der Waals surface area contributed by atoms with Gasteiger partial charge in [0, 0.05) is 30.9 Å². The second kappa shape index (κ2) is 7.23. The van der Waals surface area contributed by atoms with Gasteiger partial charge in [-0.05, 0) is 31.7 Å². The van der Waals surface area contributed by atoms with E-state index in [1.807, 2.05) is 25.7 Å².